The van der Waals surface area contributed by atoms with Gasteiger partial charge in [0.05, 0.1) is 12.2 Å². The fourth-order valence-electron chi connectivity index (χ4n) is 2.66. The quantitative estimate of drug-likeness (QED) is 0.767. The molecule has 1 aromatic heterocycles. The highest BCUT2D eigenvalue weighted by molar-refractivity contribution is 5.74. The van der Waals surface area contributed by atoms with Gasteiger partial charge in [0.15, 0.2) is 0 Å². The first-order valence-electron chi connectivity index (χ1n) is 7.55. The lowest BCUT2D eigenvalue weighted by Gasteiger charge is -2.29. The Morgan fingerprint density at radius 3 is 2.64 bits per heavy atom. The zero-order valence-corrected chi connectivity index (χ0v) is 13.4. The van der Waals surface area contributed by atoms with Gasteiger partial charge >= 0.3 is 6.03 Å². The first kappa shape index (κ1) is 16.1. The molecule has 0 aliphatic heterocycles. The number of H-pyrrole nitrogens is 1. The van der Waals surface area contributed by atoms with Crippen LogP contribution in [0.5, 0.6) is 0 Å². The normalized spacial score (nSPS) is 12.7. The zero-order valence-electron chi connectivity index (χ0n) is 13.4. The minimum atomic E-state index is -0.161. The summed E-state index contributed by atoms with van der Waals surface area (Å²) in [6.45, 7) is 6.87. The van der Waals surface area contributed by atoms with Crippen molar-refractivity contribution in [1.82, 2.24) is 20.8 Å². The Bertz CT molecular complexity index is 578. The molecule has 1 heterocycles. The number of hydrogen-bond donors (Lipinski definition) is 3. The van der Waals surface area contributed by atoms with Crippen molar-refractivity contribution >= 4 is 6.03 Å². The first-order chi connectivity index (χ1) is 10.5. The zero-order chi connectivity index (χ0) is 16.0. The molecule has 0 saturated heterocycles. The standard InChI is InChI=1S/C17H24N4O/c1-13(11-17(2,3)14-7-5-4-6-8-14)20-16(22)18-12-15-9-10-19-21-15/h4-10,13H,11-12H2,1-3H3,(H,19,21)(H2,18,20,22). The predicted octanol–water partition coefficient (Wildman–Crippen LogP) is 2.97. The summed E-state index contributed by atoms with van der Waals surface area (Å²) in [6, 6.07) is 12.1. The number of aromatic nitrogens is 2. The number of amides is 2. The fraction of sp³-hybridized carbons (Fsp3) is 0.412. The Kier molecular flexibility index (Phi) is 5.20. The van der Waals surface area contributed by atoms with Crippen molar-refractivity contribution in [3.8, 4) is 0 Å². The van der Waals surface area contributed by atoms with E-state index in [2.05, 4.69) is 46.8 Å². The van der Waals surface area contributed by atoms with Gasteiger partial charge in [0.1, 0.15) is 0 Å². The highest BCUT2D eigenvalue weighted by Crippen LogP contribution is 2.27. The molecule has 0 spiro atoms. The van der Waals surface area contributed by atoms with Gasteiger partial charge < -0.3 is 10.6 Å². The van der Waals surface area contributed by atoms with Crippen molar-refractivity contribution in [3.63, 3.8) is 0 Å². The lowest BCUT2D eigenvalue weighted by molar-refractivity contribution is 0.234. The minimum Gasteiger partial charge on any atom is -0.336 e. The van der Waals surface area contributed by atoms with E-state index in [0.717, 1.165) is 12.1 Å². The molecule has 0 saturated carbocycles. The van der Waals surface area contributed by atoms with Gasteiger partial charge in [-0.25, -0.2) is 4.79 Å². The summed E-state index contributed by atoms with van der Waals surface area (Å²) in [4.78, 5) is 11.9. The van der Waals surface area contributed by atoms with E-state index in [-0.39, 0.29) is 17.5 Å². The second kappa shape index (κ2) is 7.11. The number of aromatic amines is 1. The molecule has 0 aliphatic carbocycles. The van der Waals surface area contributed by atoms with E-state index in [1.807, 2.05) is 31.2 Å². The van der Waals surface area contributed by atoms with E-state index >= 15 is 0 Å². The number of urea groups is 1. The van der Waals surface area contributed by atoms with Crippen LogP contribution in [0.1, 0.15) is 38.4 Å². The number of rotatable bonds is 6. The van der Waals surface area contributed by atoms with Crippen LogP contribution in [0.3, 0.4) is 0 Å². The molecule has 1 aromatic carbocycles. The highest BCUT2D eigenvalue weighted by Gasteiger charge is 2.23. The average molecular weight is 300 g/mol. The molecule has 2 amide bonds. The third kappa shape index (κ3) is 4.62. The third-order valence-electron chi connectivity index (χ3n) is 3.75. The molecule has 3 N–H and O–H groups in total. The van der Waals surface area contributed by atoms with E-state index < -0.39 is 0 Å². The van der Waals surface area contributed by atoms with Gasteiger partial charge in [0.2, 0.25) is 0 Å². The second-order valence-corrected chi connectivity index (χ2v) is 6.26. The monoisotopic (exact) mass is 300 g/mol. The van der Waals surface area contributed by atoms with E-state index in [1.54, 1.807) is 6.20 Å². The molecule has 118 valence electrons. The van der Waals surface area contributed by atoms with Gasteiger partial charge in [-0.05, 0) is 30.4 Å². The summed E-state index contributed by atoms with van der Waals surface area (Å²) >= 11 is 0. The predicted molar refractivity (Wildman–Crippen MR) is 87.5 cm³/mol. The van der Waals surface area contributed by atoms with Crippen LogP contribution in [-0.2, 0) is 12.0 Å². The fourth-order valence-corrected chi connectivity index (χ4v) is 2.66. The van der Waals surface area contributed by atoms with E-state index in [9.17, 15) is 4.79 Å². The number of benzene rings is 1. The lowest BCUT2D eigenvalue weighted by atomic mass is 9.79. The van der Waals surface area contributed by atoms with Gasteiger partial charge in [-0.15, -0.1) is 0 Å². The largest absolute Gasteiger partial charge is 0.336 e. The van der Waals surface area contributed by atoms with Crippen molar-refractivity contribution in [2.45, 2.75) is 45.2 Å². The maximum absolute atomic E-state index is 11.9. The molecule has 1 unspecified atom stereocenters. The van der Waals surface area contributed by atoms with Gasteiger partial charge in [0, 0.05) is 12.2 Å². The Balaban J connectivity index is 1.81. The van der Waals surface area contributed by atoms with Crippen molar-refractivity contribution < 1.29 is 4.79 Å². The Morgan fingerprint density at radius 2 is 2.00 bits per heavy atom. The molecule has 0 bridgehead atoms. The molecule has 5 nitrogen and oxygen atoms in total. The number of carbonyl (C=O) groups excluding carboxylic acids is 1. The number of hydrogen-bond acceptors (Lipinski definition) is 2. The molecule has 0 radical (unpaired) electrons. The Morgan fingerprint density at radius 1 is 1.27 bits per heavy atom. The highest BCUT2D eigenvalue weighted by atomic mass is 16.2. The van der Waals surface area contributed by atoms with Crippen LogP contribution in [0.25, 0.3) is 0 Å². The summed E-state index contributed by atoms with van der Waals surface area (Å²) in [7, 11) is 0. The molecule has 2 rings (SSSR count). The SMILES string of the molecule is CC(CC(C)(C)c1ccccc1)NC(=O)NCc1ccn[nH]1. The summed E-state index contributed by atoms with van der Waals surface area (Å²) in [5.74, 6) is 0. The summed E-state index contributed by atoms with van der Waals surface area (Å²) in [6.07, 6.45) is 2.54. The van der Waals surface area contributed by atoms with Crippen LogP contribution in [0.4, 0.5) is 4.79 Å². The Hall–Kier alpha value is -2.30. The molecule has 2 aromatic rings. The number of nitrogens with one attached hydrogen (secondary N) is 3. The van der Waals surface area contributed by atoms with Crippen LogP contribution < -0.4 is 10.6 Å². The molecule has 22 heavy (non-hydrogen) atoms. The van der Waals surface area contributed by atoms with E-state index in [0.29, 0.717) is 6.54 Å². The molecule has 0 aliphatic rings. The van der Waals surface area contributed by atoms with Crippen LogP contribution in [-0.4, -0.2) is 22.3 Å². The summed E-state index contributed by atoms with van der Waals surface area (Å²) in [5, 5.41) is 12.5. The van der Waals surface area contributed by atoms with Crippen LogP contribution in [0, 0.1) is 0 Å². The van der Waals surface area contributed by atoms with Crippen molar-refractivity contribution in [2.75, 3.05) is 0 Å². The molecular weight excluding hydrogens is 276 g/mol. The van der Waals surface area contributed by atoms with Crippen LogP contribution >= 0.6 is 0 Å². The maximum atomic E-state index is 11.9. The number of carbonyl (C=O) groups is 1. The number of nitrogens with zero attached hydrogens (tertiary/aromatic N) is 1. The first-order valence-corrected chi connectivity index (χ1v) is 7.55. The van der Waals surface area contributed by atoms with Crippen molar-refractivity contribution in [3.05, 3.63) is 53.9 Å². The molecule has 0 fully saturated rings. The second-order valence-electron chi connectivity index (χ2n) is 6.26. The van der Waals surface area contributed by atoms with Crippen molar-refractivity contribution in [1.29, 1.82) is 0 Å². The van der Waals surface area contributed by atoms with Crippen molar-refractivity contribution in [2.24, 2.45) is 0 Å². The van der Waals surface area contributed by atoms with Crippen LogP contribution in [0.15, 0.2) is 42.6 Å². The van der Waals surface area contributed by atoms with Gasteiger partial charge in [-0.3, -0.25) is 5.10 Å². The van der Waals surface area contributed by atoms with Gasteiger partial charge in [-0.1, -0.05) is 44.2 Å². The van der Waals surface area contributed by atoms with Crippen LogP contribution in [0.2, 0.25) is 0 Å². The summed E-state index contributed by atoms with van der Waals surface area (Å²) < 4.78 is 0. The van der Waals surface area contributed by atoms with E-state index in [1.165, 1.54) is 5.56 Å². The van der Waals surface area contributed by atoms with Gasteiger partial charge in [0.25, 0.3) is 0 Å². The molecule has 5 heteroatoms. The summed E-state index contributed by atoms with van der Waals surface area (Å²) in [5.41, 5.74) is 2.17. The lowest BCUT2D eigenvalue weighted by Crippen LogP contribution is -2.42. The van der Waals surface area contributed by atoms with E-state index in [4.69, 9.17) is 0 Å². The third-order valence-corrected chi connectivity index (χ3v) is 3.75. The van der Waals surface area contributed by atoms with Gasteiger partial charge in [-0.2, -0.15) is 5.10 Å². The molecular formula is C17H24N4O. The average Bonchev–Trinajstić information content (AvgIpc) is 2.98. The maximum Gasteiger partial charge on any atom is 0.315 e. The Labute approximate surface area is 131 Å². The topological polar surface area (TPSA) is 69.8 Å². The molecule has 1 atom stereocenters. The smallest absolute Gasteiger partial charge is 0.315 e. The minimum absolute atomic E-state index is 0.0112.